The Morgan fingerprint density at radius 2 is 2.19 bits per heavy atom. The van der Waals surface area contributed by atoms with E-state index >= 15 is 0 Å². The van der Waals surface area contributed by atoms with E-state index in [4.69, 9.17) is 19.9 Å². The topological polar surface area (TPSA) is 99.8 Å². The summed E-state index contributed by atoms with van der Waals surface area (Å²) in [5.74, 6) is 0.828. The van der Waals surface area contributed by atoms with Crippen LogP contribution in [0.3, 0.4) is 0 Å². The molecule has 27 heavy (non-hydrogen) atoms. The van der Waals surface area contributed by atoms with Crippen molar-refractivity contribution in [3.8, 4) is 11.6 Å². The van der Waals surface area contributed by atoms with E-state index in [0.29, 0.717) is 30.3 Å². The fourth-order valence-corrected chi connectivity index (χ4v) is 3.43. The number of rotatable bonds is 8. The van der Waals surface area contributed by atoms with Crippen molar-refractivity contribution < 1.29 is 19.0 Å². The van der Waals surface area contributed by atoms with Gasteiger partial charge in [-0.15, -0.1) is 0 Å². The minimum absolute atomic E-state index is 0.256. The standard InChI is InChI=1S/C19H26N4O4/c1-25-12-14(11-23-8-4-3-5-17(23)19(20)24)27-18-10-21-15-7-6-13(26-2)9-16(15)22-18/h6-7,9-10,14,17H,3-5,8,11-12H2,1-2H3,(H2,20,24). The Bertz CT molecular complexity index is 785. The normalized spacial score (nSPS) is 19.0. The Kier molecular flexibility index (Phi) is 6.41. The lowest BCUT2D eigenvalue weighted by atomic mass is 10.0. The van der Waals surface area contributed by atoms with Gasteiger partial charge in [0.05, 0.1) is 37.0 Å². The maximum atomic E-state index is 11.7. The first-order valence-electron chi connectivity index (χ1n) is 9.10. The second-order valence-corrected chi connectivity index (χ2v) is 6.67. The number of benzene rings is 1. The first-order valence-corrected chi connectivity index (χ1v) is 9.10. The molecule has 1 aliphatic rings. The molecule has 0 spiro atoms. The van der Waals surface area contributed by atoms with Crippen molar-refractivity contribution in [1.82, 2.24) is 14.9 Å². The minimum atomic E-state index is -0.288. The van der Waals surface area contributed by atoms with Crippen molar-refractivity contribution in [1.29, 1.82) is 0 Å². The van der Waals surface area contributed by atoms with Crippen LogP contribution in [-0.4, -0.2) is 66.8 Å². The van der Waals surface area contributed by atoms with Gasteiger partial charge in [0, 0.05) is 19.7 Å². The molecule has 0 aliphatic carbocycles. The van der Waals surface area contributed by atoms with Crippen molar-refractivity contribution in [3.63, 3.8) is 0 Å². The number of carbonyl (C=O) groups excluding carboxylic acids is 1. The van der Waals surface area contributed by atoms with Gasteiger partial charge in [0.1, 0.15) is 11.9 Å². The van der Waals surface area contributed by atoms with Gasteiger partial charge in [-0.1, -0.05) is 6.42 Å². The zero-order valence-corrected chi connectivity index (χ0v) is 15.8. The summed E-state index contributed by atoms with van der Waals surface area (Å²) < 4.78 is 16.6. The number of aromatic nitrogens is 2. The number of carbonyl (C=O) groups is 1. The Hall–Kier alpha value is -2.45. The number of likely N-dealkylation sites (tertiary alicyclic amines) is 1. The molecule has 2 heterocycles. The Balaban J connectivity index is 1.75. The molecule has 2 atom stereocenters. The van der Waals surface area contributed by atoms with Gasteiger partial charge in [-0.2, -0.15) is 0 Å². The lowest BCUT2D eigenvalue weighted by molar-refractivity contribution is -0.125. The average Bonchev–Trinajstić information content (AvgIpc) is 2.67. The highest BCUT2D eigenvalue weighted by Gasteiger charge is 2.29. The predicted molar refractivity (Wildman–Crippen MR) is 101 cm³/mol. The molecule has 146 valence electrons. The van der Waals surface area contributed by atoms with Crippen LogP contribution in [-0.2, 0) is 9.53 Å². The summed E-state index contributed by atoms with van der Waals surface area (Å²) >= 11 is 0. The van der Waals surface area contributed by atoms with E-state index in [9.17, 15) is 4.79 Å². The number of primary amides is 1. The Morgan fingerprint density at radius 3 is 2.93 bits per heavy atom. The number of nitrogens with zero attached hydrogens (tertiary/aromatic N) is 3. The molecule has 1 aliphatic heterocycles. The summed E-state index contributed by atoms with van der Waals surface area (Å²) in [6, 6.07) is 5.25. The number of hydrogen-bond donors (Lipinski definition) is 1. The van der Waals surface area contributed by atoms with Crippen LogP contribution in [0, 0.1) is 0 Å². The fourth-order valence-electron chi connectivity index (χ4n) is 3.43. The van der Waals surface area contributed by atoms with Gasteiger partial charge in [0.2, 0.25) is 11.8 Å². The van der Waals surface area contributed by atoms with Crippen LogP contribution in [0.1, 0.15) is 19.3 Å². The highest BCUT2D eigenvalue weighted by Crippen LogP contribution is 2.21. The summed E-state index contributed by atoms with van der Waals surface area (Å²) in [7, 11) is 3.23. The van der Waals surface area contributed by atoms with Crippen molar-refractivity contribution in [3.05, 3.63) is 24.4 Å². The molecule has 1 fully saturated rings. The molecule has 8 nitrogen and oxygen atoms in total. The molecule has 3 rings (SSSR count). The molecule has 1 saturated heterocycles. The van der Waals surface area contributed by atoms with E-state index in [1.54, 1.807) is 20.4 Å². The maximum Gasteiger partial charge on any atom is 0.234 e. The lowest BCUT2D eigenvalue weighted by Gasteiger charge is -2.35. The van der Waals surface area contributed by atoms with E-state index in [0.717, 1.165) is 31.3 Å². The summed E-state index contributed by atoms with van der Waals surface area (Å²) in [6.45, 7) is 1.73. The van der Waals surface area contributed by atoms with Crippen molar-refractivity contribution in [2.45, 2.75) is 31.4 Å². The number of amides is 1. The molecule has 0 bridgehead atoms. The molecule has 2 unspecified atom stereocenters. The number of fused-ring (bicyclic) bond motifs is 1. The first-order chi connectivity index (χ1) is 13.1. The van der Waals surface area contributed by atoms with Gasteiger partial charge >= 0.3 is 0 Å². The van der Waals surface area contributed by atoms with Crippen LogP contribution in [0.25, 0.3) is 11.0 Å². The average molecular weight is 374 g/mol. The van der Waals surface area contributed by atoms with Gasteiger partial charge in [-0.3, -0.25) is 9.69 Å². The second kappa shape index (κ2) is 8.96. The quantitative estimate of drug-likeness (QED) is 0.745. The summed E-state index contributed by atoms with van der Waals surface area (Å²) in [4.78, 5) is 22.7. The molecule has 2 N–H and O–H groups in total. The number of piperidine rings is 1. The third-order valence-corrected chi connectivity index (χ3v) is 4.75. The molecular formula is C19H26N4O4. The number of hydrogen-bond acceptors (Lipinski definition) is 7. The van der Waals surface area contributed by atoms with Crippen molar-refractivity contribution in [2.24, 2.45) is 5.73 Å². The fraction of sp³-hybridized carbons (Fsp3) is 0.526. The zero-order chi connectivity index (χ0) is 19.2. The van der Waals surface area contributed by atoms with Crippen LogP contribution in [0.15, 0.2) is 24.4 Å². The van der Waals surface area contributed by atoms with E-state index in [1.165, 1.54) is 0 Å². The predicted octanol–water partition coefficient (Wildman–Crippen LogP) is 1.37. The van der Waals surface area contributed by atoms with Gasteiger partial charge in [-0.05, 0) is 31.5 Å². The minimum Gasteiger partial charge on any atom is -0.497 e. The largest absolute Gasteiger partial charge is 0.497 e. The summed E-state index contributed by atoms with van der Waals surface area (Å²) in [5.41, 5.74) is 7.01. The van der Waals surface area contributed by atoms with E-state index in [2.05, 4.69) is 14.9 Å². The number of methoxy groups -OCH3 is 2. The molecule has 0 radical (unpaired) electrons. The molecule has 8 heteroatoms. The lowest BCUT2D eigenvalue weighted by Crippen LogP contribution is -2.51. The SMILES string of the molecule is COCC(CN1CCCCC1C(N)=O)Oc1cnc2ccc(OC)cc2n1. The van der Waals surface area contributed by atoms with Crippen molar-refractivity contribution >= 4 is 16.9 Å². The van der Waals surface area contributed by atoms with E-state index in [-0.39, 0.29) is 18.1 Å². The van der Waals surface area contributed by atoms with Gasteiger partial charge < -0.3 is 19.9 Å². The third-order valence-electron chi connectivity index (χ3n) is 4.75. The highest BCUT2D eigenvalue weighted by molar-refractivity contribution is 5.80. The Morgan fingerprint density at radius 1 is 1.33 bits per heavy atom. The van der Waals surface area contributed by atoms with Gasteiger partial charge in [0.15, 0.2) is 0 Å². The van der Waals surface area contributed by atoms with Gasteiger partial charge in [-0.25, -0.2) is 9.97 Å². The van der Waals surface area contributed by atoms with Gasteiger partial charge in [0.25, 0.3) is 0 Å². The van der Waals surface area contributed by atoms with Crippen molar-refractivity contribution in [2.75, 3.05) is 33.9 Å². The third kappa shape index (κ3) is 4.84. The second-order valence-electron chi connectivity index (χ2n) is 6.67. The van der Waals surface area contributed by atoms with E-state index in [1.807, 2.05) is 18.2 Å². The molecule has 1 aromatic carbocycles. The highest BCUT2D eigenvalue weighted by atomic mass is 16.5. The molecule has 0 saturated carbocycles. The maximum absolute atomic E-state index is 11.7. The molecule has 1 aromatic heterocycles. The summed E-state index contributed by atoms with van der Waals surface area (Å²) in [5, 5.41) is 0. The van der Waals surface area contributed by atoms with Crippen LogP contribution in [0.2, 0.25) is 0 Å². The smallest absolute Gasteiger partial charge is 0.234 e. The van der Waals surface area contributed by atoms with Crippen LogP contribution >= 0.6 is 0 Å². The Labute approximate surface area is 158 Å². The van der Waals surface area contributed by atoms with Crippen LogP contribution in [0.4, 0.5) is 0 Å². The first kappa shape index (κ1) is 19.3. The zero-order valence-electron chi connectivity index (χ0n) is 15.8. The van der Waals surface area contributed by atoms with Crippen LogP contribution in [0.5, 0.6) is 11.6 Å². The number of nitrogens with two attached hydrogens (primary N) is 1. The monoisotopic (exact) mass is 374 g/mol. The van der Waals surface area contributed by atoms with E-state index < -0.39 is 0 Å². The summed E-state index contributed by atoms with van der Waals surface area (Å²) in [6.07, 6.45) is 4.15. The molecule has 1 amide bonds. The molecular weight excluding hydrogens is 348 g/mol. The van der Waals surface area contributed by atoms with Crippen LogP contribution < -0.4 is 15.2 Å². The number of ether oxygens (including phenoxy) is 3. The molecule has 2 aromatic rings.